The van der Waals surface area contributed by atoms with Crippen LogP contribution in [-0.4, -0.2) is 22.8 Å². The maximum absolute atomic E-state index is 13.3. The van der Waals surface area contributed by atoms with Gasteiger partial charge in [-0.1, -0.05) is 75.1 Å². The number of fused-ring (bicyclic) bond motifs is 1. The maximum Gasteiger partial charge on any atom is 0.255 e. The van der Waals surface area contributed by atoms with Crippen molar-refractivity contribution in [1.82, 2.24) is 10.2 Å². The van der Waals surface area contributed by atoms with Crippen molar-refractivity contribution in [1.29, 1.82) is 0 Å². The van der Waals surface area contributed by atoms with E-state index in [-0.39, 0.29) is 17.9 Å². The summed E-state index contributed by atoms with van der Waals surface area (Å²) < 4.78 is 0. The molecule has 4 heteroatoms. The van der Waals surface area contributed by atoms with Gasteiger partial charge in [0, 0.05) is 18.2 Å². The van der Waals surface area contributed by atoms with E-state index < -0.39 is 6.04 Å². The lowest BCUT2D eigenvalue weighted by Crippen LogP contribution is -2.43. The Balaban J connectivity index is 1.58. The van der Waals surface area contributed by atoms with Gasteiger partial charge in [0.2, 0.25) is 5.91 Å². The number of hydrogen-bond donors (Lipinski definition) is 1. The Labute approximate surface area is 173 Å². The molecule has 1 saturated carbocycles. The molecule has 1 fully saturated rings. The highest BCUT2D eigenvalue weighted by atomic mass is 16.2. The number of benzene rings is 2. The van der Waals surface area contributed by atoms with E-state index >= 15 is 0 Å². The molecule has 2 aromatic carbocycles. The van der Waals surface area contributed by atoms with Crippen LogP contribution >= 0.6 is 0 Å². The first-order chi connectivity index (χ1) is 14.2. The van der Waals surface area contributed by atoms with E-state index in [2.05, 4.69) is 36.5 Å². The van der Waals surface area contributed by atoms with Crippen LogP contribution in [0.2, 0.25) is 0 Å². The molecule has 1 N–H and O–H groups in total. The van der Waals surface area contributed by atoms with E-state index in [1.165, 1.54) is 31.2 Å². The normalized spacial score (nSPS) is 19.7. The average molecular weight is 391 g/mol. The average Bonchev–Trinajstić information content (AvgIpc) is 2.89. The number of carbonyl (C=O) groups is 2. The molecule has 1 atom stereocenters. The molecule has 0 spiro atoms. The molecule has 2 aliphatic rings. The highest BCUT2D eigenvalue weighted by molar-refractivity contribution is 6.04. The molecule has 1 heterocycles. The van der Waals surface area contributed by atoms with Crippen LogP contribution in [0.25, 0.3) is 0 Å². The minimum absolute atomic E-state index is 0.0413. The van der Waals surface area contributed by atoms with Gasteiger partial charge in [-0.05, 0) is 42.0 Å². The molecule has 152 valence electrons. The summed E-state index contributed by atoms with van der Waals surface area (Å²) in [5.74, 6) is -0.0958. The van der Waals surface area contributed by atoms with Gasteiger partial charge in [0.05, 0.1) is 0 Å². The van der Waals surface area contributed by atoms with Gasteiger partial charge in [-0.15, -0.1) is 0 Å². The molecule has 0 radical (unpaired) electrons. The second-order valence-corrected chi connectivity index (χ2v) is 8.29. The summed E-state index contributed by atoms with van der Waals surface area (Å²) in [5, 5.41) is 3.26. The van der Waals surface area contributed by atoms with Gasteiger partial charge < -0.3 is 10.2 Å². The Hall–Kier alpha value is -2.62. The zero-order chi connectivity index (χ0) is 20.2. The fraction of sp³-hybridized carbons (Fsp3) is 0.440. The summed E-state index contributed by atoms with van der Waals surface area (Å²) >= 11 is 0. The quantitative estimate of drug-likeness (QED) is 0.747. The van der Waals surface area contributed by atoms with Crippen molar-refractivity contribution in [2.24, 2.45) is 0 Å². The summed E-state index contributed by atoms with van der Waals surface area (Å²) in [5.41, 5.74) is 3.80. The molecule has 0 bridgehead atoms. The zero-order valence-electron chi connectivity index (χ0n) is 17.2. The lowest BCUT2D eigenvalue weighted by molar-refractivity contribution is -0.126. The largest absolute Gasteiger partial charge is 0.351 e. The Morgan fingerprint density at radius 2 is 1.62 bits per heavy atom. The summed E-state index contributed by atoms with van der Waals surface area (Å²) in [4.78, 5) is 28.2. The van der Waals surface area contributed by atoms with Crippen molar-refractivity contribution >= 4 is 11.8 Å². The van der Waals surface area contributed by atoms with Crippen LogP contribution in [0, 0.1) is 0 Å². The minimum atomic E-state index is -0.548. The van der Waals surface area contributed by atoms with Gasteiger partial charge in [-0.2, -0.15) is 0 Å². The molecular weight excluding hydrogens is 360 g/mol. The number of amides is 2. The molecule has 4 rings (SSSR count). The fourth-order valence-electron chi connectivity index (χ4n) is 4.60. The van der Waals surface area contributed by atoms with Gasteiger partial charge in [0.25, 0.3) is 5.91 Å². The Morgan fingerprint density at radius 1 is 0.966 bits per heavy atom. The summed E-state index contributed by atoms with van der Waals surface area (Å²) in [6.45, 7) is 2.57. The third-order valence-electron chi connectivity index (χ3n) is 6.29. The highest BCUT2D eigenvalue weighted by Gasteiger charge is 2.41. The van der Waals surface area contributed by atoms with E-state index in [4.69, 9.17) is 0 Å². The van der Waals surface area contributed by atoms with Gasteiger partial charge in [0.15, 0.2) is 0 Å². The number of nitrogens with one attached hydrogen (secondary N) is 1. The van der Waals surface area contributed by atoms with Crippen LogP contribution < -0.4 is 5.32 Å². The Bertz CT molecular complexity index is 867. The second kappa shape index (κ2) is 8.81. The fourth-order valence-corrected chi connectivity index (χ4v) is 4.60. The van der Waals surface area contributed by atoms with Crippen molar-refractivity contribution in [3.63, 3.8) is 0 Å². The molecule has 29 heavy (non-hydrogen) atoms. The maximum atomic E-state index is 13.3. The number of aryl methyl sites for hydroxylation is 1. The first-order valence-corrected chi connectivity index (χ1v) is 11.0. The third-order valence-corrected chi connectivity index (χ3v) is 6.29. The summed E-state index contributed by atoms with van der Waals surface area (Å²) in [6.07, 6.45) is 7.88. The summed E-state index contributed by atoms with van der Waals surface area (Å²) in [6, 6.07) is 15.5. The van der Waals surface area contributed by atoms with Crippen molar-refractivity contribution in [3.8, 4) is 0 Å². The predicted molar refractivity (Wildman–Crippen MR) is 115 cm³/mol. The number of nitrogens with zero attached hydrogens (tertiary/aromatic N) is 1. The first kappa shape index (κ1) is 19.7. The van der Waals surface area contributed by atoms with E-state index in [9.17, 15) is 9.59 Å². The molecule has 2 amide bonds. The topological polar surface area (TPSA) is 49.4 Å². The molecule has 1 aliphatic heterocycles. The van der Waals surface area contributed by atoms with Crippen LogP contribution in [0.5, 0.6) is 0 Å². The van der Waals surface area contributed by atoms with Gasteiger partial charge in [-0.3, -0.25) is 9.59 Å². The smallest absolute Gasteiger partial charge is 0.255 e. The summed E-state index contributed by atoms with van der Waals surface area (Å²) in [7, 11) is 0. The zero-order valence-corrected chi connectivity index (χ0v) is 17.2. The van der Waals surface area contributed by atoms with Crippen molar-refractivity contribution < 1.29 is 9.59 Å². The van der Waals surface area contributed by atoms with E-state index in [0.717, 1.165) is 30.4 Å². The van der Waals surface area contributed by atoms with Gasteiger partial charge >= 0.3 is 0 Å². The second-order valence-electron chi connectivity index (χ2n) is 8.29. The lowest BCUT2D eigenvalue weighted by atomic mass is 10.0. The molecule has 0 saturated heterocycles. The standard InChI is InChI=1S/C25H30N2O2/c1-2-18-13-15-19(16-14-18)17-27-23(21-11-7-8-12-22(21)25(27)29)24(28)26-20-9-5-3-4-6-10-20/h7-8,11-16,20,23H,2-6,9-10,17H2,1H3,(H,26,28)/t23-/m0/s1. The number of carbonyl (C=O) groups excluding carboxylic acids is 2. The first-order valence-electron chi connectivity index (χ1n) is 11.0. The van der Waals surface area contributed by atoms with Crippen molar-refractivity contribution in [3.05, 3.63) is 70.8 Å². The van der Waals surface area contributed by atoms with E-state index in [1.54, 1.807) is 4.90 Å². The molecule has 2 aromatic rings. The van der Waals surface area contributed by atoms with E-state index in [1.807, 2.05) is 24.3 Å². The SMILES string of the molecule is CCc1ccc(CN2C(=O)c3ccccc3[C@H]2C(=O)NC2CCCCCC2)cc1. The van der Waals surface area contributed by atoms with Crippen molar-refractivity contribution in [2.45, 2.75) is 70.5 Å². The number of rotatable bonds is 5. The van der Waals surface area contributed by atoms with Crippen LogP contribution in [-0.2, 0) is 17.8 Å². The van der Waals surface area contributed by atoms with Crippen LogP contribution in [0.15, 0.2) is 48.5 Å². The molecule has 4 nitrogen and oxygen atoms in total. The van der Waals surface area contributed by atoms with Gasteiger partial charge in [0.1, 0.15) is 6.04 Å². The molecule has 1 aliphatic carbocycles. The Morgan fingerprint density at radius 3 is 2.31 bits per heavy atom. The predicted octanol–water partition coefficient (Wildman–Crippen LogP) is 4.79. The molecule has 0 unspecified atom stereocenters. The number of hydrogen-bond acceptors (Lipinski definition) is 2. The minimum Gasteiger partial charge on any atom is -0.351 e. The Kier molecular flexibility index (Phi) is 5.98. The van der Waals surface area contributed by atoms with Crippen LogP contribution in [0.3, 0.4) is 0 Å². The van der Waals surface area contributed by atoms with Crippen LogP contribution in [0.4, 0.5) is 0 Å². The van der Waals surface area contributed by atoms with Gasteiger partial charge in [-0.25, -0.2) is 0 Å². The molecular formula is C25H30N2O2. The lowest BCUT2D eigenvalue weighted by Gasteiger charge is -2.27. The molecule has 0 aromatic heterocycles. The van der Waals surface area contributed by atoms with Crippen molar-refractivity contribution in [2.75, 3.05) is 0 Å². The third kappa shape index (κ3) is 4.21. The van der Waals surface area contributed by atoms with E-state index in [0.29, 0.717) is 12.1 Å². The monoisotopic (exact) mass is 390 g/mol. The highest BCUT2D eigenvalue weighted by Crippen LogP contribution is 2.35. The van der Waals surface area contributed by atoms with Crippen LogP contribution in [0.1, 0.15) is 78.5 Å².